The Hall–Kier alpha value is -4.27. The minimum Gasteiger partial charge on any atom is -0.469 e. The average Bonchev–Trinajstić information content (AvgIpc) is 2.96. The molecule has 8 heteroatoms. The minimum atomic E-state index is -0.992. The fourth-order valence-electron chi connectivity index (χ4n) is 4.41. The highest BCUT2D eigenvalue weighted by molar-refractivity contribution is 5.69. The van der Waals surface area contributed by atoms with Gasteiger partial charge in [-0.3, -0.25) is 19.1 Å². The first-order valence-corrected chi connectivity index (χ1v) is 12.3. The summed E-state index contributed by atoms with van der Waals surface area (Å²) in [4.78, 5) is 38.7. The molecule has 3 aromatic carbocycles. The molecule has 0 aliphatic carbocycles. The van der Waals surface area contributed by atoms with Gasteiger partial charge in [-0.05, 0) is 23.6 Å². The lowest BCUT2D eigenvalue weighted by atomic mass is 9.80. The van der Waals surface area contributed by atoms with Gasteiger partial charge in [-0.1, -0.05) is 91.0 Å². The van der Waals surface area contributed by atoms with Crippen LogP contribution in [0, 0.1) is 6.92 Å². The summed E-state index contributed by atoms with van der Waals surface area (Å²) < 4.78 is 18.7. The Bertz CT molecular complexity index is 1350. The van der Waals surface area contributed by atoms with Crippen LogP contribution in [0.15, 0.2) is 107 Å². The summed E-state index contributed by atoms with van der Waals surface area (Å²) in [5.41, 5.74) is 1.03. The molecule has 8 nitrogen and oxygen atoms in total. The van der Waals surface area contributed by atoms with E-state index >= 15 is 0 Å². The van der Waals surface area contributed by atoms with Gasteiger partial charge >= 0.3 is 11.7 Å². The Morgan fingerprint density at radius 1 is 0.842 bits per heavy atom. The van der Waals surface area contributed by atoms with Gasteiger partial charge in [-0.2, -0.15) is 0 Å². The largest absolute Gasteiger partial charge is 0.469 e. The summed E-state index contributed by atoms with van der Waals surface area (Å²) in [6.07, 6.45) is 0.162. The van der Waals surface area contributed by atoms with Gasteiger partial charge in [-0.15, -0.1) is 0 Å². The van der Waals surface area contributed by atoms with Crippen molar-refractivity contribution in [2.75, 3.05) is 20.3 Å². The molecule has 0 aliphatic rings. The first-order chi connectivity index (χ1) is 18.5. The van der Waals surface area contributed by atoms with Crippen LogP contribution in [-0.2, 0) is 24.6 Å². The van der Waals surface area contributed by atoms with Crippen molar-refractivity contribution < 1.29 is 19.0 Å². The third-order valence-electron chi connectivity index (χ3n) is 6.28. The van der Waals surface area contributed by atoms with Gasteiger partial charge in [0.15, 0.2) is 0 Å². The molecule has 4 aromatic rings. The number of H-pyrrole nitrogens is 1. The molecular weight excluding hydrogens is 484 g/mol. The fraction of sp³-hybridized carbons (Fsp3) is 0.233. The Morgan fingerprint density at radius 2 is 1.34 bits per heavy atom. The monoisotopic (exact) mass is 514 g/mol. The maximum atomic E-state index is 12.5. The zero-order valence-corrected chi connectivity index (χ0v) is 21.3. The van der Waals surface area contributed by atoms with E-state index in [9.17, 15) is 14.4 Å². The first-order valence-electron chi connectivity index (χ1n) is 12.3. The van der Waals surface area contributed by atoms with Gasteiger partial charge in [0.1, 0.15) is 11.8 Å². The normalized spacial score (nSPS) is 12.2. The van der Waals surface area contributed by atoms with E-state index in [2.05, 4.69) is 4.98 Å². The fourth-order valence-corrected chi connectivity index (χ4v) is 4.41. The minimum absolute atomic E-state index is 0.0561. The molecule has 0 aliphatic heterocycles. The van der Waals surface area contributed by atoms with Crippen molar-refractivity contribution in [3.63, 3.8) is 0 Å². The number of methoxy groups -OCH3 is 1. The Labute approximate surface area is 220 Å². The maximum Gasteiger partial charge on any atom is 0.330 e. The number of nitrogens with one attached hydrogen (secondary N) is 1. The van der Waals surface area contributed by atoms with Crippen LogP contribution < -0.4 is 11.2 Å². The van der Waals surface area contributed by atoms with Crippen LogP contribution in [0.4, 0.5) is 0 Å². The Morgan fingerprint density at radius 3 is 1.82 bits per heavy atom. The van der Waals surface area contributed by atoms with E-state index in [1.165, 1.54) is 17.9 Å². The molecule has 0 unspecified atom stereocenters. The number of ether oxygens (including phenoxy) is 3. The van der Waals surface area contributed by atoms with Gasteiger partial charge in [0.2, 0.25) is 0 Å². The molecular formula is C30H30N2O6. The highest BCUT2D eigenvalue weighted by Crippen LogP contribution is 2.40. The topological polar surface area (TPSA) is 99.6 Å². The number of hydrogen-bond acceptors (Lipinski definition) is 6. The molecule has 0 fully saturated rings. The van der Waals surface area contributed by atoms with E-state index in [1.807, 2.05) is 91.0 Å². The molecule has 0 spiro atoms. The van der Waals surface area contributed by atoms with Crippen LogP contribution in [0.1, 0.15) is 34.9 Å². The SMILES string of the molecule is COC(=O)C[C@@H](OCCOC(c1ccccc1)(c1ccccc1)c1ccccc1)n1cc(C)c(=O)[nH]c1=O. The predicted octanol–water partition coefficient (Wildman–Crippen LogP) is 3.93. The molecule has 1 aromatic heterocycles. The number of hydrogen-bond donors (Lipinski definition) is 1. The molecule has 4 rings (SSSR count). The van der Waals surface area contributed by atoms with Crippen molar-refractivity contribution in [2.45, 2.75) is 25.2 Å². The molecule has 0 amide bonds. The summed E-state index contributed by atoms with van der Waals surface area (Å²) in [7, 11) is 1.26. The van der Waals surface area contributed by atoms with Crippen LogP contribution in [-0.4, -0.2) is 35.8 Å². The second-order valence-electron chi connectivity index (χ2n) is 8.71. The van der Waals surface area contributed by atoms with E-state index in [1.54, 1.807) is 6.92 Å². The summed E-state index contributed by atoms with van der Waals surface area (Å²) in [5.74, 6) is -0.557. The van der Waals surface area contributed by atoms with Crippen molar-refractivity contribution in [1.29, 1.82) is 0 Å². The number of rotatable bonds is 11. The van der Waals surface area contributed by atoms with Gasteiger partial charge < -0.3 is 14.2 Å². The lowest BCUT2D eigenvalue weighted by Crippen LogP contribution is -2.36. The molecule has 0 bridgehead atoms. The summed E-state index contributed by atoms with van der Waals surface area (Å²) in [6, 6.07) is 29.8. The molecule has 1 heterocycles. The number of aryl methyl sites for hydroxylation is 1. The van der Waals surface area contributed by atoms with Crippen LogP contribution in [0.25, 0.3) is 0 Å². The van der Waals surface area contributed by atoms with Crippen LogP contribution in [0.2, 0.25) is 0 Å². The second kappa shape index (κ2) is 12.3. The summed E-state index contributed by atoms with van der Waals surface area (Å²) >= 11 is 0. The number of carbonyl (C=O) groups excluding carboxylic acids is 1. The van der Waals surface area contributed by atoms with Crippen molar-refractivity contribution in [3.8, 4) is 0 Å². The number of benzene rings is 3. The maximum absolute atomic E-state index is 12.5. The van der Waals surface area contributed by atoms with E-state index in [4.69, 9.17) is 14.2 Å². The molecule has 38 heavy (non-hydrogen) atoms. The predicted molar refractivity (Wildman–Crippen MR) is 143 cm³/mol. The van der Waals surface area contributed by atoms with Crippen molar-refractivity contribution in [1.82, 2.24) is 9.55 Å². The summed E-state index contributed by atoms with van der Waals surface area (Å²) in [6.45, 7) is 1.76. The smallest absolute Gasteiger partial charge is 0.330 e. The number of aromatic nitrogens is 2. The quantitative estimate of drug-likeness (QED) is 0.185. The standard InChI is InChI=1S/C30H30N2O6/c1-22-21-32(29(35)31-28(22)34)26(20-27(33)36-2)37-18-19-38-30(23-12-6-3-7-13-23,24-14-8-4-9-15-24)25-16-10-5-11-17-25/h3-17,21,26H,18-20H2,1-2H3,(H,31,34,35)/t26-/m1/s1. The van der Waals surface area contributed by atoms with Crippen LogP contribution >= 0.6 is 0 Å². The van der Waals surface area contributed by atoms with Crippen LogP contribution in [0.3, 0.4) is 0 Å². The van der Waals surface area contributed by atoms with Crippen molar-refractivity contribution >= 4 is 5.97 Å². The molecule has 0 saturated heterocycles. The lowest BCUT2D eigenvalue weighted by molar-refractivity contribution is -0.147. The lowest BCUT2D eigenvalue weighted by Gasteiger charge is -2.36. The Balaban J connectivity index is 1.65. The zero-order valence-electron chi connectivity index (χ0n) is 21.3. The number of aromatic amines is 1. The molecule has 0 saturated carbocycles. The average molecular weight is 515 g/mol. The number of esters is 1. The third kappa shape index (κ3) is 5.82. The first kappa shape index (κ1) is 26.8. The van der Waals surface area contributed by atoms with E-state index in [-0.39, 0.29) is 19.6 Å². The van der Waals surface area contributed by atoms with Gasteiger partial charge in [0.05, 0.1) is 26.7 Å². The number of carbonyl (C=O) groups is 1. The Kier molecular flexibility index (Phi) is 8.68. The van der Waals surface area contributed by atoms with Crippen molar-refractivity contribution in [2.24, 2.45) is 0 Å². The summed E-state index contributed by atoms with van der Waals surface area (Å²) in [5, 5.41) is 0. The number of nitrogens with zero attached hydrogens (tertiary/aromatic N) is 1. The van der Waals surface area contributed by atoms with Crippen molar-refractivity contribution in [3.05, 3.63) is 140 Å². The molecule has 1 N–H and O–H groups in total. The third-order valence-corrected chi connectivity index (χ3v) is 6.28. The van der Waals surface area contributed by atoms with Gasteiger partial charge in [-0.25, -0.2) is 4.79 Å². The van der Waals surface area contributed by atoms with E-state index < -0.39 is 29.0 Å². The highest BCUT2D eigenvalue weighted by Gasteiger charge is 2.37. The zero-order chi connectivity index (χ0) is 27.0. The molecule has 196 valence electrons. The van der Waals surface area contributed by atoms with Crippen LogP contribution in [0.5, 0.6) is 0 Å². The van der Waals surface area contributed by atoms with Gasteiger partial charge in [0.25, 0.3) is 5.56 Å². The molecule has 0 radical (unpaired) electrons. The highest BCUT2D eigenvalue weighted by atomic mass is 16.6. The molecule has 1 atom stereocenters. The van der Waals surface area contributed by atoms with Gasteiger partial charge in [0, 0.05) is 11.8 Å². The van der Waals surface area contributed by atoms with E-state index in [0.717, 1.165) is 16.7 Å². The second-order valence-corrected chi connectivity index (χ2v) is 8.71. The van der Waals surface area contributed by atoms with E-state index in [0.29, 0.717) is 5.56 Å².